The maximum absolute atomic E-state index is 4.41. The van der Waals surface area contributed by atoms with Crippen LogP contribution in [0.5, 0.6) is 0 Å². The molecule has 0 amide bonds. The molecule has 0 aromatic carbocycles. The number of hydrogen-bond donors (Lipinski definition) is 1. The van der Waals surface area contributed by atoms with Gasteiger partial charge in [-0.1, -0.05) is 33.1 Å². The van der Waals surface area contributed by atoms with E-state index in [1.807, 2.05) is 6.20 Å². The molecule has 0 spiro atoms. The molecule has 2 rings (SSSR count). The van der Waals surface area contributed by atoms with E-state index in [0.717, 1.165) is 19.0 Å². The Morgan fingerprint density at radius 3 is 2.88 bits per heavy atom. The molecule has 96 valence electrons. The fourth-order valence-electron chi connectivity index (χ4n) is 2.78. The van der Waals surface area contributed by atoms with Crippen molar-refractivity contribution in [1.82, 2.24) is 9.55 Å². The summed E-state index contributed by atoms with van der Waals surface area (Å²) in [5, 5.41) is 3.44. The largest absolute Gasteiger partial charge is 0.356 e. The second kappa shape index (κ2) is 5.56. The topological polar surface area (TPSA) is 29.9 Å². The Morgan fingerprint density at radius 1 is 1.41 bits per heavy atom. The first-order valence-electron chi connectivity index (χ1n) is 6.98. The molecule has 1 fully saturated rings. The Kier molecular flexibility index (Phi) is 4.08. The smallest absolute Gasteiger partial charge is 0.202 e. The van der Waals surface area contributed by atoms with Gasteiger partial charge in [-0.25, -0.2) is 4.98 Å². The number of hydrogen-bond acceptors (Lipinski definition) is 2. The molecule has 17 heavy (non-hydrogen) atoms. The van der Waals surface area contributed by atoms with Crippen LogP contribution in [0.4, 0.5) is 5.95 Å². The van der Waals surface area contributed by atoms with E-state index in [2.05, 4.69) is 34.9 Å². The van der Waals surface area contributed by atoms with Gasteiger partial charge in [-0.05, 0) is 24.7 Å². The molecule has 0 radical (unpaired) electrons. The highest BCUT2D eigenvalue weighted by Crippen LogP contribution is 2.39. The highest BCUT2D eigenvalue weighted by molar-refractivity contribution is 5.25. The Labute approximate surface area is 105 Å². The summed E-state index contributed by atoms with van der Waals surface area (Å²) < 4.78 is 2.29. The van der Waals surface area contributed by atoms with Crippen LogP contribution in [0, 0.1) is 5.41 Å². The summed E-state index contributed by atoms with van der Waals surface area (Å²) in [4.78, 5) is 4.41. The van der Waals surface area contributed by atoms with Gasteiger partial charge in [-0.2, -0.15) is 0 Å². The van der Waals surface area contributed by atoms with Gasteiger partial charge >= 0.3 is 0 Å². The highest BCUT2D eigenvalue weighted by atomic mass is 15.2. The molecule has 1 N–H and O–H groups in total. The monoisotopic (exact) mass is 235 g/mol. The van der Waals surface area contributed by atoms with E-state index in [1.165, 1.54) is 38.5 Å². The average Bonchev–Trinajstić information content (AvgIpc) is 2.90. The van der Waals surface area contributed by atoms with Crippen LogP contribution in [0.2, 0.25) is 0 Å². The lowest BCUT2D eigenvalue weighted by molar-refractivity contribution is 0.283. The van der Waals surface area contributed by atoms with Crippen LogP contribution < -0.4 is 5.32 Å². The van der Waals surface area contributed by atoms with Crippen LogP contribution in [-0.4, -0.2) is 16.1 Å². The third-order valence-electron chi connectivity index (χ3n) is 3.89. The van der Waals surface area contributed by atoms with Crippen molar-refractivity contribution in [3.05, 3.63) is 12.4 Å². The molecule has 1 saturated carbocycles. The van der Waals surface area contributed by atoms with Crippen molar-refractivity contribution in [1.29, 1.82) is 0 Å². The summed E-state index contributed by atoms with van der Waals surface area (Å²) >= 11 is 0. The van der Waals surface area contributed by atoms with Crippen molar-refractivity contribution in [2.45, 2.75) is 58.9 Å². The lowest BCUT2D eigenvalue weighted by Gasteiger charge is -2.25. The second-order valence-corrected chi connectivity index (χ2v) is 5.68. The first kappa shape index (κ1) is 12.5. The molecule has 1 heterocycles. The maximum atomic E-state index is 4.41. The number of rotatable bonds is 6. The molecule has 0 aliphatic heterocycles. The highest BCUT2D eigenvalue weighted by Gasteiger charge is 2.29. The molecule has 1 aromatic rings. The van der Waals surface area contributed by atoms with Gasteiger partial charge < -0.3 is 9.88 Å². The summed E-state index contributed by atoms with van der Waals surface area (Å²) in [5.41, 5.74) is 0.488. The van der Waals surface area contributed by atoms with Crippen molar-refractivity contribution in [3.8, 4) is 0 Å². The summed E-state index contributed by atoms with van der Waals surface area (Å²) in [6, 6.07) is 0. The molecular formula is C14H25N3. The van der Waals surface area contributed by atoms with E-state index in [0.29, 0.717) is 5.41 Å². The number of anilines is 1. The van der Waals surface area contributed by atoms with Gasteiger partial charge in [-0.3, -0.25) is 0 Å². The first-order chi connectivity index (χ1) is 8.23. The summed E-state index contributed by atoms with van der Waals surface area (Å²) in [6.45, 7) is 6.77. The Hall–Kier alpha value is -0.990. The van der Waals surface area contributed by atoms with Gasteiger partial charge in [0.15, 0.2) is 0 Å². The van der Waals surface area contributed by atoms with Crippen LogP contribution >= 0.6 is 0 Å². The number of nitrogens with one attached hydrogen (secondary N) is 1. The van der Waals surface area contributed by atoms with E-state index < -0.39 is 0 Å². The number of nitrogens with zero attached hydrogens (tertiary/aromatic N) is 2. The van der Waals surface area contributed by atoms with E-state index in [-0.39, 0.29) is 0 Å². The van der Waals surface area contributed by atoms with Crippen LogP contribution in [0.1, 0.15) is 52.4 Å². The minimum atomic E-state index is 0.488. The zero-order chi connectivity index (χ0) is 12.1. The number of aromatic nitrogens is 2. The minimum absolute atomic E-state index is 0.488. The Bertz CT molecular complexity index is 337. The van der Waals surface area contributed by atoms with Crippen LogP contribution in [0.25, 0.3) is 0 Å². The third kappa shape index (κ3) is 3.24. The molecule has 0 unspecified atom stereocenters. The first-order valence-corrected chi connectivity index (χ1v) is 6.98. The van der Waals surface area contributed by atoms with Crippen LogP contribution in [0.15, 0.2) is 12.4 Å². The maximum Gasteiger partial charge on any atom is 0.202 e. The summed E-state index contributed by atoms with van der Waals surface area (Å²) in [5.74, 6) is 1.05. The fraction of sp³-hybridized carbons (Fsp3) is 0.786. The van der Waals surface area contributed by atoms with Crippen LogP contribution in [0.3, 0.4) is 0 Å². The quantitative estimate of drug-likeness (QED) is 0.762. The fourth-order valence-corrected chi connectivity index (χ4v) is 2.78. The van der Waals surface area contributed by atoms with Gasteiger partial charge in [0.05, 0.1) is 0 Å². The van der Waals surface area contributed by atoms with Crippen molar-refractivity contribution < 1.29 is 0 Å². The van der Waals surface area contributed by atoms with Gasteiger partial charge in [-0.15, -0.1) is 0 Å². The Morgan fingerprint density at radius 2 is 2.18 bits per heavy atom. The van der Waals surface area contributed by atoms with Gasteiger partial charge in [0.2, 0.25) is 5.95 Å². The standard InChI is InChI=1S/C14H25N3/c1-3-4-9-15-13-16-10-11-17(13)12-14(2)7-5-6-8-14/h10-11H,3-9,12H2,1-2H3,(H,15,16). The Balaban J connectivity index is 1.93. The van der Waals surface area contributed by atoms with E-state index in [4.69, 9.17) is 0 Å². The zero-order valence-electron chi connectivity index (χ0n) is 11.2. The number of imidazole rings is 1. The molecule has 1 aliphatic rings. The molecular weight excluding hydrogens is 210 g/mol. The van der Waals surface area contributed by atoms with E-state index in [1.54, 1.807) is 0 Å². The van der Waals surface area contributed by atoms with Gasteiger partial charge in [0, 0.05) is 25.5 Å². The predicted molar refractivity (Wildman–Crippen MR) is 72.2 cm³/mol. The van der Waals surface area contributed by atoms with Crippen molar-refractivity contribution in [2.75, 3.05) is 11.9 Å². The normalized spacial score (nSPS) is 18.5. The third-order valence-corrected chi connectivity index (χ3v) is 3.89. The number of unbranched alkanes of at least 4 members (excludes halogenated alkanes) is 1. The molecule has 3 heteroatoms. The SMILES string of the molecule is CCCCNc1nccn1CC1(C)CCCC1. The molecule has 1 aromatic heterocycles. The summed E-state index contributed by atoms with van der Waals surface area (Å²) in [7, 11) is 0. The van der Waals surface area contributed by atoms with Crippen molar-refractivity contribution >= 4 is 5.95 Å². The average molecular weight is 235 g/mol. The lowest BCUT2D eigenvalue weighted by atomic mass is 9.89. The van der Waals surface area contributed by atoms with Crippen molar-refractivity contribution in [3.63, 3.8) is 0 Å². The molecule has 0 bridgehead atoms. The molecule has 3 nitrogen and oxygen atoms in total. The molecule has 0 atom stereocenters. The predicted octanol–water partition coefficient (Wildman–Crippen LogP) is 3.68. The molecule has 0 saturated heterocycles. The van der Waals surface area contributed by atoms with Gasteiger partial charge in [0.25, 0.3) is 0 Å². The second-order valence-electron chi connectivity index (χ2n) is 5.68. The summed E-state index contributed by atoms with van der Waals surface area (Å²) in [6.07, 6.45) is 12.0. The van der Waals surface area contributed by atoms with Crippen molar-refractivity contribution in [2.24, 2.45) is 5.41 Å². The van der Waals surface area contributed by atoms with Gasteiger partial charge in [0.1, 0.15) is 0 Å². The zero-order valence-corrected chi connectivity index (χ0v) is 11.2. The lowest BCUT2D eigenvalue weighted by Crippen LogP contribution is -2.21. The molecule has 1 aliphatic carbocycles. The van der Waals surface area contributed by atoms with Crippen LogP contribution in [-0.2, 0) is 6.54 Å². The minimum Gasteiger partial charge on any atom is -0.356 e. The van der Waals surface area contributed by atoms with E-state index >= 15 is 0 Å². The van der Waals surface area contributed by atoms with E-state index in [9.17, 15) is 0 Å².